The molecule has 0 saturated carbocycles. The number of aliphatic hydroxyl groups is 1. The Labute approximate surface area is 130 Å². The van der Waals surface area contributed by atoms with Crippen molar-refractivity contribution in [3.63, 3.8) is 0 Å². The van der Waals surface area contributed by atoms with E-state index in [2.05, 4.69) is 27.0 Å². The first kappa shape index (κ1) is 13.7. The average Bonchev–Trinajstić information content (AvgIpc) is 2.83. The molecule has 0 aliphatic rings. The molecule has 0 aliphatic carbocycles. The van der Waals surface area contributed by atoms with Crippen LogP contribution in [0.4, 0.5) is 0 Å². The molecule has 2 aromatic carbocycles. The molecule has 4 heteroatoms. The van der Waals surface area contributed by atoms with E-state index in [0.29, 0.717) is 6.42 Å². The van der Waals surface area contributed by atoms with Crippen LogP contribution in [0.5, 0.6) is 0 Å². The number of fused-ring (bicyclic) bond motifs is 1. The molecule has 0 bridgehead atoms. The molecule has 0 fully saturated rings. The highest BCUT2D eigenvalue weighted by Gasteiger charge is 2.14. The van der Waals surface area contributed by atoms with Gasteiger partial charge in [-0.3, -0.25) is 0 Å². The van der Waals surface area contributed by atoms with Gasteiger partial charge in [-0.25, -0.2) is 4.98 Å². The van der Waals surface area contributed by atoms with Crippen molar-refractivity contribution in [2.45, 2.75) is 19.4 Å². The number of aliphatic hydroxyl groups excluding tert-OH is 1. The van der Waals surface area contributed by atoms with Crippen molar-refractivity contribution < 1.29 is 5.11 Å². The average molecular weight is 348 g/mol. The van der Waals surface area contributed by atoms with Gasteiger partial charge in [-0.05, 0) is 42.3 Å². The molecule has 1 heterocycles. The van der Waals surface area contributed by atoms with Crippen LogP contribution in [0.2, 0.25) is 0 Å². The smallest absolute Gasteiger partial charge is 0.0967 e. The van der Waals surface area contributed by atoms with Crippen LogP contribution in [-0.2, 0) is 6.42 Å². The maximum atomic E-state index is 10.5. The monoisotopic (exact) mass is 347 g/mol. The number of halogens is 1. The Morgan fingerprint density at radius 3 is 2.85 bits per heavy atom. The Morgan fingerprint density at radius 1 is 1.25 bits per heavy atom. The van der Waals surface area contributed by atoms with Crippen LogP contribution in [0.15, 0.2) is 46.9 Å². The molecule has 1 N–H and O–H groups in total. The maximum Gasteiger partial charge on any atom is 0.0967 e. The molecule has 2 nitrogen and oxygen atoms in total. The minimum atomic E-state index is -0.520. The van der Waals surface area contributed by atoms with E-state index >= 15 is 0 Å². The zero-order valence-electron chi connectivity index (χ0n) is 11.0. The zero-order valence-corrected chi connectivity index (χ0v) is 13.4. The number of aromatic nitrogens is 1. The Hall–Kier alpha value is -1.23. The summed E-state index contributed by atoms with van der Waals surface area (Å²) in [7, 11) is 0. The van der Waals surface area contributed by atoms with Crippen LogP contribution in [0.3, 0.4) is 0 Å². The van der Waals surface area contributed by atoms with Gasteiger partial charge in [-0.2, -0.15) is 0 Å². The van der Waals surface area contributed by atoms with Gasteiger partial charge in [0, 0.05) is 10.9 Å². The van der Waals surface area contributed by atoms with E-state index in [4.69, 9.17) is 0 Å². The van der Waals surface area contributed by atoms with Gasteiger partial charge in [-0.15, -0.1) is 11.3 Å². The van der Waals surface area contributed by atoms with E-state index in [1.165, 1.54) is 4.70 Å². The molecular weight excluding hydrogens is 334 g/mol. The van der Waals surface area contributed by atoms with Crippen molar-refractivity contribution in [3.8, 4) is 0 Å². The van der Waals surface area contributed by atoms with Gasteiger partial charge in [-0.1, -0.05) is 34.1 Å². The molecule has 1 unspecified atom stereocenters. The van der Waals surface area contributed by atoms with E-state index in [0.717, 1.165) is 26.1 Å². The molecule has 102 valence electrons. The molecule has 0 radical (unpaired) electrons. The number of benzene rings is 2. The summed E-state index contributed by atoms with van der Waals surface area (Å²) in [6.45, 7) is 2.02. The second-order valence-electron chi connectivity index (χ2n) is 4.80. The summed E-state index contributed by atoms with van der Waals surface area (Å²) in [5.74, 6) is 0. The van der Waals surface area contributed by atoms with Gasteiger partial charge in [0.1, 0.15) is 0 Å². The number of thiazole rings is 1. The fourth-order valence-corrected chi connectivity index (χ4v) is 3.64. The van der Waals surface area contributed by atoms with E-state index < -0.39 is 6.10 Å². The lowest BCUT2D eigenvalue weighted by Crippen LogP contribution is -2.03. The highest BCUT2D eigenvalue weighted by atomic mass is 79.9. The number of nitrogens with zero attached hydrogens (tertiary/aromatic N) is 1. The Morgan fingerprint density at radius 2 is 2.05 bits per heavy atom. The van der Waals surface area contributed by atoms with Crippen molar-refractivity contribution >= 4 is 37.5 Å². The second kappa shape index (κ2) is 5.64. The molecule has 1 aromatic heterocycles. The van der Waals surface area contributed by atoms with Crippen molar-refractivity contribution in [2.75, 3.05) is 0 Å². The summed E-state index contributed by atoms with van der Waals surface area (Å²) >= 11 is 5.10. The number of aryl methyl sites for hydroxylation is 1. The van der Waals surface area contributed by atoms with Gasteiger partial charge in [0.2, 0.25) is 0 Å². The van der Waals surface area contributed by atoms with Crippen molar-refractivity contribution in [3.05, 3.63) is 63.1 Å². The summed E-state index contributed by atoms with van der Waals surface area (Å²) < 4.78 is 2.15. The first-order valence-electron chi connectivity index (χ1n) is 6.42. The molecule has 20 heavy (non-hydrogen) atoms. The van der Waals surface area contributed by atoms with Gasteiger partial charge >= 0.3 is 0 Å². The minimum absolute atomic E-state index is 0.520. The normalized spacial score (nSPS) is 12.8. The lowest BCUT2D eigenvalue weighted by atomic mass is 10.0. The summed E-state index contributed by atoms with van der Waals surface area (Å²) in [4.78, 5) is 4.58. The molecule has 3 rings (SSSR count). The zero-order chi connectivity index (χ0) is 14.1. The third-order valence-corrected chi connectivity index (χ3v) is 4.86. The van der Waals surface area contributed by atoms with Crippen LogP contribution in [0.25, 0.3) is 10.2 Å². The highest BCUT2D eigenvalue weighted by molar-refractivity contribution is 9.10. The van der Waals surface area contributed by atoms with E-state index in [-0.39, 0.29) is 0 Å². The van der Waals surface area contributed by atoms with E-state index in [1.54, 1.807) is 11.3 Å². The largest absolute Gasteiger partial charge is 0.388 e. The fourth-order valence-electron chi connectivity index (χ4n) is 2.25. The van der Waals surface area contributed by atoms with Crippen LogP contribution >= 0.6 is 27.3 Å². The van der Waals surface area contributed by atoms with Crippen LogP contribution in [0, 0.1) is 6.92 Å². The van der Waals surface area contributed by atoms with Crippen LogP contribution in [0.1, 0.15) is 22.2 Å². The molecule has 0 aliphatic heterocycles. The number of hydrogen-bond acceptors (Lipinski definition) is 3. The second-order valence-corrected chi connectivity index (χ2v) is 6.83. The highest BCUT2D eigenvalue weighted by Crippen LogP contribution is 2.28. The van der Waals surface area contributed by atoms with Gasteiger partial charge in [0.15, 0.2) is 0 Å². The van der Waals surface area contributed by atoms with Crippen LogP contribution < -0.4 is 0 Å². The van der Waals surface area contributed by atoms with Gasteiger partial charge in [0.25, 0.3) is 0 Å². The van der Waals surface area contributed by atoms with Gasteiger partial charge < -0.3 is 5.11 Å². The number of rotatable bonds is 3. The SMILES string of the molecule is Cc1ccc(Br)cc1C(O)Cc1nc2ccccc2s1. The molecule has 0 saturated heterocycles. The van der Waals surface area contributed by atoms with Crippen LogP contribution in [-0.4, -0.2) is 10.1 Å². The first-order valence-corrected chi connectivity index (χ1v) is 8.03. The molecule has 3 aromatic rings. The predicted octanol–water partition coefficient (Wildman–Crippen LogP) is 4.64. The van der Waals surface area contributed by atoms with Gasteiger partial charge in [0.05, 0.1) is 21.3 Å². The Balaban J connectivity index is 1.88. The standard InChI is InChI=1S/C16H14BrNOS/c1-10-6-7-11(17)8-12(10)14(19)9-16-18-13-4-2-3-5-15(13)20-16/h2-8,14,19H,9H2,1H3. The molecular formula is C16H14BrNOS. The Bertz CT molecular complexity index is 720. The van der Waals surface area contributed by atoms with Crippen molar-refractivity contribution in [1.82, 2.24) is 4.98 Å². The predicted molar refractivity (Wildman–Crippen MR) is 87.2 cm³/mol. The van der Waals surface area contributed by atoms with Crippen molar-refractivity contribution in [2.24, 2.45) is 0 Å². The quantitative estimate of drug-likeness (QED) is 0.748. The molecule has 1 atom stereocenters. The fraction of sp³-hybridized carbons (Fsp3) is 0.188. The third kappa shape index (κ3) is 2.77. The molecule has 0 spiro atoms. The van der Waals surface area contributed by atoms with Crippen molar-refractivity contribution in [1.29, 1.82) is 0 Å². The summed E-state index contributed by atoms with van der Waals surface area (Å²) in [6, 6.07) is 14.1. The lowest BCUT2D eigenvalue weighted by molar-refractivity contribution is 0.177. The molecule has 0 amide bonds. The maximum absolute atomic E-state index is 10.5. The lowest BCUT2D eigenvalue weighted by Gasteiger charge is -2.12. The summed E-state index contributed by atoms with van der Waals surface area (Å²) in [6.07, 6.45) is 0.0319. The van der Waals surface area contributed by atoms with E-state index in [9.17, 15) is 5.11 Å². The minimum Gasteiger partial charge on any atom is -0.388 e. The number of para-hydroxylation sites is 1. The number of hydrogen-bond donors (Lipinski definition) is 1. The Kier molecular flexibility index (Phi) is 3.87. The summed E-state index contributed by atoms with van der Waals surface area (Å²) in [5.41, 5.74) is 3.06. The first-order chi connectivity index (χ1) is 9.63. The van der Waals surface area contributed by atoms with E-state index in [1.807, 2.05) is 43.3 Å². The summed E-state index contributed by atoms with van der Waals surface area (Å²) in [5, 5.41) is 11.4. The topological polar surface area (TPSA) is 33.1 Å². The third-order valence-electron chi connectivity index (χ3n) is 3.31.